The van der Waals surface area contributed by atoms with Crippen LogP contribution < -0.4 is 15.0 Å². The first kappa shape index (κ1) is 14.6. The summed E-state index contributed by atoms with van der Waals surface area (Å²) in [7, 11) is 1.66. The van der Waals surface area contributed by atoms with E-state index in [0.29, 0.717) is 5.95 Å². The van der Waals surface area contributed by atoms with Gasteiger partial charge in [-0.1, -0.05) is 25.0 Å². The zero-order chi connectivity index (χ0) is 15.2. The van der Waals surface area contributed by atoms with Crippen LogP contribution in [0.4, 0.5) is 17.5 Å². The Hall–Kier alpha value is -2.30. The van der Waals surface area contributed by atoms with E-state index >= 15 is 0 Å². The van der Waals surface area contributed by atoms with Crippen molar-refractivity contribution in [3.63, 3.8) is 0 Å². The second-order valence-corrected chi connectivity index (χ2v) is 5.46. The number of nitrogens with zero attached hydrogens (tertiary/aromatic N) is 3. The van der Waals surface area contributed by atoms with Crippen LogP contribution in [0.15, 0.2) is 36.5 Å². The van der Waals surface area contributed by atoms with E-state index in [9.17, 15) is 0 Å². The summed E-state index contributed by atoms with van der Waals surface area (Å²) in [5.74, 6) is 2.38. The molecule has 1 aromatic carbocycles. The Morgan fingerprint density at radius 2 is 1.82 bits per heavy atom. The Balaban J connectivity index is 1.78. The average Bonchev–Trinajstić information content (AvgIpc) is 2.85. The highest BCUT2D eigenvalue weighted by molar-refractivity contribution is 5.63. The van der Waals surface area contributed by atoms with Crippen molar-refractivity contribution in [2.24, 2.45) is 0 Å². The van der Waals surface area contributed by atoms with E-state index in [1.54, 1.807) is 7.11 Å². The maximum absolute atomic E-state index is 5.35. The fraction of sp³-hybridized carbons (Fsp3) is 0.412. The molecule has 1 fully saturated rings. The van der Waals surface area contributed by atoms with E-state index in [-0.39, 0.29) is 0 Å². The Kier molecular flexibility index (Phi) is 4.73. The van der Waals surface area contributed by atoms with Crippen LogP contribution in [0.1, 0.15) is 25.7 Å². The number of ether oxygens (including phenoxy) is 1. The topological polar surface area (TPSA) is 50.3 Å². The fourth-order valence-electron chi connectivity index (χ4n) is 2.75. The number of methoxy groups -OCH3 is 1. The van der Waals surface area contributed by atoms with Gasteiger partial charge in [0.25, 0.3) is 0 Å². The summed E-state index contributed by atoms with van der Waals surface area (Å²) in [5, 5.41) is 3.24. The van der Waals surface area contributed by atoms with Gasteiger partial charge in [-0.05, 0) is 31.0 Å². The van der Waals surface area contributed by atoms with Crippen molar-refractivity contribution in [3.8, 4) is 5.75 Å². The average molecular weight is 298 g/mol. The molecular formula is C17H22N4O. The van der Waals surface area contributed by atoms with Gasteiger partial charge in [-0.3, -0.25) is 0 Å². The molecule has 1 aliphatic rings. The Labute approximate surface area is 131 Å². The van der Waals surface area contributed by atoms with Crippen LogP contribution in [-0.2, 0) is 0 Å². The monoisotopic (exact) mass is 298 g/mol. The molecule has 0 atom stereocenters. The third kappa shape index (κ3) is 3.47. The Morgan fingerprint density at radius 1 is 1.05 bits per heavy atom. The van der Waals surface area contributed by atoms with Crippen LogP contribution in [0.3, 0.4) is 0 Å². The first-order valence-corrected chi connectivity index (χ1v) is 7.85. The summed E-state index contributed by atoms with van der Waals surface area (Å²) in [6.07, 6.45) is 6.91. The van der Waals surface area contributed by atoms with E-state index in [0.717, 1.165) is 30.3 Å². The lowest BCUT2D eigenvalue weighted by atomic mass is 10.2. The highest BCUT2D eigenvalue weighted by Crippen LogP contribution is 2.26. The first-order chi connectivity index (χ1) is 10.9. The van der Waals surface area contributed by atoms with Gasteiger partial charge in [0, 0.05) is 19.3 Å². The molecule has 2 heterocycles. The standard InChI is InChI=1S/C17H22N4O/c1-22-15-9-5-4-8-14(15)19-17-18-11-10-16(20-17)21-12-6-2-3-7-13-21/h4-5,8-11H,2-3,6-7,12-13H2,1H3,(H,18,19,20). The van der Waals surface area contributed by atoms with Gasteiger partial charge in [0.05, 0.1) is 12.8 Å². The van der Waals surface area contributed by atoms with E-state index in [1.807, 2.05) is 36.5 Å². The number of nitrogens with one attached hydrogen (secondary N) is 1. The SMILES string of the molecule is COc1ccccc1Nc1nccc(N2CCCCCC2)n1. The molecule has 0 aliphatic carbocycles. The predicted octanol–water partition coefficient (Wildman–Crippen LogP) is 3.61. The molecule has 1 N–H and O–H groups in total. The van der Waals surface area contributed by atoms with Gasteiger partial charge in [0.15, 0.2) is 0 Å². The Bertz CT molecular complexity index is 609. The molecule has 116 valence electrons. The lowest BCUT2D eigenvalue weighted by Crippen LogP contribution is -2.25. The van der Waals surface area contributed by atoms with Crippen molar-refractivity contribution in [2.45, 2.75) is 25.7 Å². The number of aromatic nitrogens is 2. The third-order valence-corrected chi connectivity index (χ3v) is 3.92. The van der Waals surface area contributed by atoms with Gasteiger partial charge >= 0.3 is 0 Å². The molecule has 5 nitrogen and oxygen atoms in total. The van der Waals surface area contributed by atoms with Gasteiger partial charge in [-0.2, -0.15) is 4.98 Å². The van der Waals surface area contributed by atoms with Gasteiger partial charge < -0.3 is 15.0 Å². The summed E-state index contributed by atoms with van der Waals surface area (Å²) >= 11 is 0. The first-order valence-electron chi connectivity index (χ1n) is 7.85. The molecule has 0 radical (unpaired) electrons. The van der Waals surface area contributed by atoms with E-state index in [1.165, 1.54) is 25.7 Å². The summed E-state index contributed by atoms with van der Waals surface area (Å²) in [6.45, 7) is 2.15. The van der Waals surface area contributed by atoms with Crippen molar-refractivity contribution >= 4 is 17.5 Å². The van der Waals surface area contributed by atoms with E-state index in [4.69, 9.17) is 4.74 Å². The summed E-state index contributed by atoms with van der Waals surface area (Å²) < 4.78 is 5.35. The van der Waals surface area contributed by atoms with Crippen LogP contribution in [0.2, 0.25) is 0 Å². The smallest absolute Gasteiger partial charge is 0.229 e. The van der Waals surface area contributed by atoms with Gasteiger partial charge in [-0.15, -0.1) is 0 Å². The van der Waals surface area contributed by atoms with Crippen LogP contribution in [0.25, 0.3) is 0 Å². The van der Waals surface area contributed by atoms with Gasteiger partial charge in [-0.25, -0.2) is 4.98 Å². The fourth-order valence-corrected chi connectivity index (χ4v) is 2.75. The minimum atomic E-state index is 0.603. The third-order valence-electron chi connectivity index (χ3n) is 3.92. The van der Waals surface area contributed by atoms with Crippen LogP contribution in [0, 0.1) is 0 Å². The lowest BCUT2D eigenvalue weighted by molar-refractivity contribution is 0.417. The zero-order valence-electron chi connectivity index (χ0n) is 13.0. The molecule has 0 unspecified atom stereocenters. The predicted molar refractivity (Wildman–Crippen MR) is 89.0 cm³/mol. The maximum atomic E-state index is 5.35. The van der Waals surface area contributed by atoms with E-state index < -0.39 is 0 Å². The van der Waals surface area contributed by atoms with E-state index in [2.05, 4.69) is 20.2 Å². The van der Waals surface area contributed by atoms with Crippen molar-refractivity contribution in [3.05, 3.63) is 36.5 Å². The van der Waals surface area contributed by atoms with Crippen LogP contribution >= 0.6 is 0 Å². The highest BCUT2D eigenvalue weighted by atomic mass is 16.5. The van der Waals surface area contributed by atoms with Gasteiger partial charge in [0.1, 0.15) is 11.6 Å². The molecule has 1 aliphatic heterocycles. The number of anilines is 3. The number of para-hydroxylation sites is 2. The number of hydrogen-bond donors (Lipinski definition) is 1. The minimum absolute atomic E-state index is 0.603. The second kappa shape index (κ2) is 7.11. The Morgan fingerprint density at radius 3 is 2.59 bits per heavy atom. The normalized spacial score (nSPS) is 15.2. The van der Waals surface area contributed by atoms with Crippen molar-refractivity contribution in [1.82, 2.24) is 9.97 Å². The maximum Gasteiger partial charge on any atom is 0.229 e. The number of hydrogen-bond acceptors (Lipinski definition) is 5. The van der Waals surface area contributed by atoms with Crippen LogP contribution in [-0.4, -0.2) is 30.2 Å². The quantitative estimate of drug-likeness (QED) is 0.934. The number of benzene rings is 1. The lowest BCUT2D eigenvalue weighted by Gasteiger charge is -2.21. The largest absolute Gasteiger partial charge is 0.495 e. The summed E-state index contributed by atoms with van der Waals surface area (Å²) in [5.41, 5.74) is 0.873. The van der Waals surface area contributed by atoms with Crippen molar-refractivity contribution < 1.29 is 4.74 Å². The molecule has 5 heteroatoms. The molecule has 1 aromatic heterocycles. The highest BCUT2D eigenvalue weighted by Gasteiger charge is 2.12. The summed E-state index contributed by atoms with van der Waals surface area (Å²) in [6, 6.07) is 9.77. The molecule has 0 saturated carbocycles. The minimum Gasteiger partial charge on any atom is -0.495 e. The van der Waals surface area contributed by atoms with Gasteiger partial charge in [0.2, 0.25) is 5.95 Å². The molecular weight excluding hydrogens is 276 g/mol. The molecule has 1 saturated heterocycles. The molecule has 22 heavy (non-hydrogen) atoms. The number of rotatable bonds is 4. The zero-order valence-corrected chi connectivity index (χ0v) is 13.0. The molecule has 0 amide bonds. The van der Waals surface area contributed by atoms with Crippen molar-refractivity contribution in [1.29, 1.82) is 0 Å². The van der Waals surface area contributed by atoms with Crippen LogP contribution in [0.5, 0.6) is 5.75 Å². The van der Waals surface area contributed by atoms with Crippen molar-refractivity contribution in [2.75, 3.05) is 30.4 Å². The molecule has 2 aromatic rings. The summed E-state index contributed by atoms with van der Waals surface area (Å²) in [4.78, 5) is 11.3. The second-order valence-electron chi connectivity index (χ2n) is 5.46. The molecule has 3 rings (SSSR count). The molecule has 0 spiro atoms. The molecule has 0 bridgehead atoms.